The van der Waals surface area contributed by atoms with Crippen molar-refractivity contribution in [3.05, 3.63) is 70.6 Å². The van der Waals surface area contributed by atoms with Crippen molar-refractivity contribution in [1.29, 1.82) is 0 Å². The van der Waals surface area contributed by atoms with Crippen molar-refractivity contribution in [3.8, 4) is 11.4 Å². The summed E-state index contributed by atoms with van der Waals surface area (Å²) in [6.45, 7) is 12.9. The van der Waals surface area contributed by atoms with E-state index in [0.717, 1.165) is 37.1 Å². The molecular weight excluding hydrogens is 424 g/mol. The number of aryl methyl sites for hydroxylation is 3. The number of benzene rings is 2. The first kappa shape index (κ1) is 24.1. The van der Waals surface area contributed by atoms with Crippen molar-refractivity contribution in [1.82, 2.24) is 20.4 Å². The molecule has 1 fully saturated rings. The van der Waals surface area contributed by atoms with E-state index in [1.807, 2.05) is 31.2 Å². The van der Waals surface area contributed by atoms with Crippen molar-refractivity contribution in [2.75, 3.05) is 13.1 Å². The maximum absolute atomic E-state index is 13.2. The first-order valence-electron chi connectivity index (χ1n) is 12.3. The maximum Gasteiger partial charge on any atom is 0.241 e. The molecule has 0 bridgehead atoms. The molecule has 1 aliphatic rings. The molecule has 2 aromatic carbocycles. The lowest BCUT2D eigenvalue weighted by molar-refractivity contribution is -0.127. The Bertz CT molecular complexity index is 1130. The predicted octanol–water partition coefficient (Wildman–Crippen LogP) is 5.39. The highest BCUT2D eigenvalue weighted by Crippen LogP contribution is 2.28. The molecule has 0 spiro atoms. The van der Waals surface area contributed by atoms with Crippen molar-refractivity contribution in [2.45, 2.75) is 60.0 Å². The van der Waals surface area contributed by atoms with E-state index >= 15 is 0 Å². The van der Waals surface area contributed by atoms with Crippen molar-refractivity contribution in [2.24, 2.45) is 11.8 Å². The van der Waals surface area contributed by atoms with Crippen LogP contribution in [0, 0.1) is 32.6 Å². The van der Waals surface area contributed by atoms with Crippen LogP contribution in [-0.4, -0.2) is 34.0 Å². The van der Waals surface area contributed by atoms with Crippen LogP contribution in [0.1, 0.15) is 60.9 Å². The number of amides is 1. The molecule has 4 rings (SSSR count). The standard InChI is InChI=1S/C28H36N4O2/c1-18(2)26(23-11-10-19(3)16-21(23)5)30-28(33)22-12-14-32(15-13-22)17-25-29-27(31-34-25)24-9-7-6-8-20(24)4/h6-11,16,18,22,26H,12-15,17H2,1-5H3,(H,30,33). The molecule has 1 N–H and O–H groups in total. The Hall–Kier alpha value is -2.99. The van der Waals surface area contributed by atoms with Crippen LogP contribution < -0.4 is 5.32 Å². The van der Waals surface area contributed by atoms with Gasteiger partial charge in [0.1, 0.15) is 0 Å². The molecule has 1 amide bonds. The highest BCUT2D eigenvalue weighted by atomic mass is 16.5. The number of rotatable bonds is 7. The van der Waals surface area contributed by atoms with Crippen LogP contribution in [0.2, 0.25) is 0 Å². The van der Waals surface area contributed by atoms with Crippen molar-refractivity contribution in [3.63, 3.8) is 0 Å². The fourth-order valence-corrected chi connectivity index (χ4v) is 4.85. The quantitative estimate of drug-likeness (QED) is 0.512. The molecule has 1 aromatic heterocycles. The van der Waals surface area contributed by atoms with E-state index in [2.05, 4.69) is 66.3 Å². The van der Waals surface area contributed by atoms with E-state index in [1.54, 1.807) is 0 Å². The number of piperidine rings is 1. The average Bonchev–Trinajstić information content (AvgIpc) is 3.26. The first-order chi connectivity index (χ1) is 16.3. The smallest absolute Gasteiger partial charge is 0.241 e. The van der Waals surface area contributed by atoms with E-state index in [4.69, 9.17) is 4.52 Å². The van der Waals surface area contributed by atoms with Gasteiger partial charge in [0.25, 0.3) is 0 Å². The number of nitrogens with one attached hydrogen (secondary N) is 1. The third kappa shape index (κ3) is 5.55. The minimum atomic E-state index is 0.0318. The molecule has 180 valence electrons. The van der Waals surface area contributed by atoms with Crippen LogP contribution in [0.4, 0.5) is 0 Å². The SMILES string of the molecule is Cc1ccc(C(NC(=O)C2CCN(Cc3nc(-c4ccccc4C)no3)CC2)C(C)C)c(C)c1. The fraction of sp³-hybridized carbons (Fsp3) is 0.464. The van der Waals surface area contributed by atoms with Crippen molar-refractivity contribution >= 4 is 5.91 Å². The van der Waals surface area contributed by atoms with Gasteiger partial charge >= 0.3 is 0 Å². The number of carbonyl (C=O) groups is 1. The van der Waals surface area contributed by atoms with Gasteiger partial charge in [-0.05, 0) is 69.3 Å². The lowest BCUT2D eigenvalue weighted by atomic mass is 9.90. The molecule has 0 radical (unpaired) electrons. The van der Waals surface area contributed by atoms with Gasteiger partial charge in [0.2, 0.25) is 17.6 Å². The Labute approximate surface area is 202 Å². The van der Waals surface area contributed by atoms with Crippen LogP contribution in [0.5, 0.6) is 0 Å². The summed E-state index contributed by atoms with van der Waals surface area (Å²) in [5.41, 5.74) is 5.82. The lowest BCUT2D eigenvalue weighted by Crippen LogP contribution is -2.42. The van der Waals surface area contributed by atoms with Gasteiger partial charge in [-0.2, -0.15) is 4.98 Å². The van der Waals surface area contributed by atoms with Gasteiger partial charge in [-0.15, -0.1) is 0 Å². The van der Waals surface area contributed by atoms with E-state index in [0.29, 0.717) is 24.2 Å². The summed E-state index contributed by atoms with van der Waals surface area (Å²) >= 11 is 0. The molecule has 1 unspecified atom stereocenters. The van der Waals surface area contributed by atoms with Gasteiger partial charge in [0, 0.05) is 11.5 Å². The van der Waals surface area contributed by atoms with Crippen LogP contribution >= 0.6 is 0 Å². The molecule has 0 saturated carbocycles. The van der Waals surface area contributed by atoms with Gasteiger partial charge in [-0.25, -0.2) is 0 Å². The summed E-state index contributed by atoms with van der Waals surface area (Å²) < 4.78 is 5.52. The van der Waals surface area contributed by atoms with E-state index in [1.165, 1.54) is 16.7 Å². The summed E-state index contributed by atoms with van der Waals surface area (Å²) in [6, 6.07) is 14.6. The summed E-state index contributed by atoms with van der Waals surface area (Å²) in [5, 5.41) is 7.53. The normalized spacial score (nSPS) is 16.1. The lowest BCUT2D eigenvalue weighted by Gasteiger charge is -2.32. The van der Waals surface area contributed by atoms with Crippen LogP contribution in [0.25, 0.3) is 11.4 Å². The Kier molecular flexibility index (Phi) is 7.47. The second kappa shape index (κ2) is 10.5. The van der Waals surface area contributed by atoms with Gasteiger partial charge in [0.05, 0.1) is 12.6 Å². The zero-order chi connectivity index (χ0) is 24.2. The average molecular weight is 461 g/mol. The van der Waals surface area contributed by atoms with Gasteiger partial charge in [-0.1, -0.05) is 67.0 Å². The molecule has 1 aliphatic heterocycles. The zero-order valence-electron chi connectivity index (χ0n) is 21.0. The Morgan fingerprint density at radius 3 is 2.50 bits per heavy atom. The molecule has 6 nitrogen and oxygen atoms in total. The van der Waals surface area contributed by atoms with Gasteiger partial charge in [-0.3, -0.25) is 9.69 Å². The Morgan fingerprint density at radius 2 is 1.82 bits per heavy atom. The third-order valence-electron chi connectivity index (χ3n) is 6.90. The van der Waals surface area contributed by atoms with Crippen LogP contribution in [0.15, 0.2) is 47.0 Å². The maximum atomic E-state index is 13.2. The highest BCUT2D eigenvalue weighted by molar-refractivity contribution is 5.79. The highest BCUT2D eigenvalue weighted by Gasteiger charge is 2.29. The molecule has 1 atom stereocenters. The molecule has 3 aromatic rings. The topological polar surface area (TPSA) is 71.3 Å². The summed E-state index contributed by atoms with van der Waals surface area (Å²) in [5.74, 6) is 1.78. The largest absolute Gasteiger partial charge is 0.349 e. The van der Waals surface area contributed by atoms with Gasteiger partial charge in [0.15, 0.2) is 0 Å². The molecule has 1 saturated heterocycles. The Morgan fingerprint density at radius 1 is 1.09 bits per heavy atom. The minimum absolute atomic E-state index is 0.0318. The molecular formula is C28H36N4O2. The third-order valence-corrected chi connectivity index (χ3v) is 6.90. The van der Waals surface area contributed by atoms with E-state index in [9.17, 15) is 4.79 Å². The minimum Gasteiger partial charge on any atom is -0.349 e. The number of nitrogens with zero attached hydrogens (tertiary/aromatic N) is 3. The van der Waals surface area contributed by atoms with E-state index < -0.39 is 0 Å². The first-order valence-corrected chi connectivity index (χ1v) is 12.3. The fourth-order valence-electron chi connectivity index (χ4n) is 4.85. The van der Waals surface area contributed by atoms with Crippen LogP contribution in [0.3, 0.4) is 0 Å². The second-order valence-corrected chi connectivity index (χ2v) is 9.97. The predicted molar refractivity (Wildman–Crippen MR) is 134 cm³/mol. The zero-order valence-corrected chi connectivity index (χ0v) is 21.0. The van der Waals surface area contributed by atoms with Crippen molar-refractivity contribution < 1.29 is 9.32 Å². The van der Waals surface area contributed by atoms with E-state index in [-0.39, 0.29) is 17.9 Å². The summed E-state index contributed by atoms with van der Waals surface area (Å²) in [4.78, 5) is 20.0. The van der Waals surface area contributed by atoms with Gasteiger partial charge < -0.3 is 9.84 Å². The second-order valence-electron chi connectivity index (χ2n) is 9.97. The number of hydrogen-bond acceptors (Lipinski definition) is 5. The number of hydrogen-bond donors (Lipinski definition) is 1. The summed E-state index contributed by atoms with van der Waals surface area (Å²) in [6.07, 6.45) is 1.67. The monoisotopic (exact) mass is 460 g/mol. The molecule has 34 heavy (non-hydrogen) atoms. The number of aromatic nitrogens is 2. The van der Waals surface area contributed by atoms with Crippen LogP contribution in [-0.2, 0) is 11.3 Å². The number of likely N-dealkylation sites (tertiary alicyclic amines) is 1. The molecule has 0 aliphatic carbocycles. The summed E-state index contributed by atoms with van der Waals surface area (Å²) in [7, 11) is 0. The molecule has 6 heteroatoms. The Balaban J connectivity index is 1.33. The number of carbonyl (C=O) groups excluding carboxylic acids is 1. The molecule has 2 heterocycles.